The minimum atomic E-state index is -0.138. The van der Waals surface area contributed by atoms with E-state index >= 15 is 0 Å². The molecule has 5 heteroatoms. The summed E-state index contributed by atoms with van der Waals surface area (Å²) < 4.78 is 0. The molecular formula is C12H21N3O2. The van der Waals surface area contributed by atoms with Gasteiger partial charge in [-0.1, -0.05) is 5.92 Å². The van der Waals surface area contributed by atoms with E-state index in [0.717, 1.165) is 0 Å². The van der Waals surface area contributed by atoms with Crippen molar-refractivity contribution in [2.24, 2.45) is 0 Å². The van der Waals surface area contributed by atoms with Crippen LogP contribution in [-0.2, 0) is 9.59 Å². The third-order valence-electron chi connectivity index (χ3n) is 2.42. The highest BCUT2D eigenvalue weighted by Crippen LogP contribution is 1.92. The number of nitrogens with zero attached hydrogens (tertiary/aromatic N) is 2. The summed E-state index contributed by atoms with van der Waals surface area (Å²) in [7, 11) is 1.61. The van der Waals surface area contributed by atoms with Crippen molar-refractivity contribution in [1.82, 2.24) is 15.1 Å². The van der Waals surface area contributed by atoms with Crippen LogP contribution in [0.4, 0.5) is 0 Å². The number of carbonyl (C=O) groups is 2. The van der Waals surface area contributed by atoms with E-state index in [0.29, 0.717) is 19.6 Å². The molecule has 5 nitrogen and oxygen atoms in total. The molecule has 0 bridgehead atoms. The summed E-state index contributed by atoms with van der Waals surface area (Å²) in [6.45, 7) is 5.77. The fraction of sp³-hybridized carbons (Fsp3) is 0.667. The van der Waals surface area contributed by atoms with Gasteiger partial charge < -0.3 is 9.80 Å². The Balaban J connectivity index is 4.07. The van der Waals surface area contributed by atoms with Gasteiger partial charge in [-0.05, 0) is 13.8 Å². The molecule has 0 spiro atoms. The van der Waals surface area contributed by atoms with Crippen molar-refractivity contribution in [3.05, 3.63) is 0 Å². The van der Waals surface area contributed by atoms with Crippen LogP contribution in [0.25, 0.3) is 0 Å². The van der Waals surface area contributed by atoms with Gasteiger partial charge in [0.2, 0.25) is 11.8 Å². The van der Waals surface area contributed by atoms with Crippen LogP contribution in [0.2, 0.25) is 0 Å². The van der Waals surface area contributed by atoms with Crippen LogP contribution in [0.5, 0.6) is 0 Å². The molecule has 0 fully saturated rings. The first-order valence-electron chi connectivity index (χ1n) is 5.72. The van der Waals surface area contributed by atoms with Gasteiger partial charge in [0.15, 0.2) is 0 Å². The van der Waals surface area contributed by atoms with Crippen LogP contribution >= 0.6 is 0 Å². The fourth-order valence-electron chi connectivity index (χ4n) is 1.34. The molecule has 0 aromatic carbocycles. The summed E-state index contributed by atoms with van der Waals surface area (Å²) in [4.78, 5) is 26.4. The zero-order valence-electron chi connectivity index (χ0n) is 10.8. The number of rotatable bonds is 7. The van der Waals surface area contributed by atoms with Crippen LogP contribution in [0.15, 0.2) is 0 Å². The molecule has 0 saturated carbocycles. The average Bonchev–Trinajstić information content (AvgIpc) is 2.30. The average molecular weight is 239 g/mol. The summed E-state index contributed by atoms with van der Waals surface area (Å²) >= 11 is 0. The van der Waals surface area contributed by atoms with Crippen molar-refractivity contribution in [3.8, 4) is 12.3 Å². The summed E-state index contributed by atoms with van der Waals surface area (Å²) in [5.41, 5.74) is 0. The van der Waals surface area contributed by atoms with E-state index in [2.05, 4.69) is 11.2 Å². The standard InChI is InChI=1S/C12H21N3O2/c1-5-8-13-9-11(16)14(4)10-12(17)15(6-2)7-3/h1,13H,6-10H2,2-4H3. The molecule has 0 aromatic heterocycles. The topological polar surface area (TPSA) is 52.7 Å². The van der Waals surface area contributed by atoms with Crippen molar-refractivity contribution < 1.29 is 9.59 Å². The van der Waals surface area contributed by atoms with Gasteiger partial charge in [0, 0.05) is 20.1 Å². The summed E-state index contributed by atoms with van der Waals surface area (Å²) in [6, 6.07) is 0. The zero-order valence-corrected chi connectivity index (χ0v) is 10.8. The third kappa shape index (κ3) is 5.93. The van der Waals surface area contributed by atoms with E-state index < -0.39 is 0 Å². The highest BCUT2D eigenvalue weighted by Gasteiger charge is 2.15. The van der Waals surface area contributed by atoms with Gasteiger partial charge in [-0.15, -0.1) is 6.42 Å². The Kier molecular flexibility index (Phi) is 7.82. The maximum absolute atomic E-state index is 11.7. The monoisotopic (exact) mass is 239 g/mol. The van der Waals surface area contributed by atoms with E-state index in [1.54, 1.807) is 11.9 Å². The van der Waals surface area contributed by atoms with Crippen molar-refractivity contribution in [3.63, 3.8) is 0 Å². The normalized spacial score (nSPS) is 9.53. The minimum absolute atomic E-state index is 0.0391. The predicted molar refractivity (Wildman–Crippen MR) is 67.3 cm³/mol. The Hall–Kier alpha value is -1.54. The maximum Gasteiger partial charge on any atom is 0.242 e. The molecule has 0 radical (unpaired) electrons. The Morgan fingerprint density at radius 3 is 2.29 bits per heavy atom. The molecule has 17 heavy (non-hydrogen) atoms. The lowest BCUT2D eigenvalue weighted by Gasteiger charge is -2.23. The molecule has 0 rings (SSSR count). The highest BCUT2D eigenvalue weighted by atomic mass is 16.2. The summed E-state index contributed by atoms with van der Waals surface area (Å²) in [5, 5.41) is 2.79. The number of carbonyl (C=O) groups excluding carboxylic acids is 2. The Labute approximate surface area is 103 Å². The van der Waals surface area contributed by atoms with Gasteiger partial charge in [-0.3, -0.25) is 14.9 Å². The van der Waals surface area contributed by atoms with Gasteiger partial charge in [0.05, 0.1) is 19.6 Å². The third-order valence-corrected chi connectivity index (χ3v) is 2.42. The molecule has 2 amide bonds. The zero-order chi connectivity index (χ0) is 13.3. The quantitative estimate of drug-likeness (QED) is 0.483. The van der Waals surface area contributed by atoms with Gasteiger partial charge in [0.25, 0.3) is 0 Å². The Morgan fingerprint density at radius 1 is 1.24 bits per heavy atom. The molecule has 0 aliphatic rings. The molecule has 0 unspecified atom stereocenters. The number of terminal acetylenes is 1. The van der Waals surface area contributed by atoms with E-state index in [9.17, 15) is 9.59 Å². The SMILES string of the molecule is C#CCNCC(=O)N(C)CC(=O)N(CC)CC. The first-order chi connectivity index (χ1) is 8.06. The lowest BCUT2D eigenvalue weighted by atomic mass is 10.4. The van der Waals surface area contributed by atoms with Crippen LogP contribution in [-0.4, -0.2) is 61.4 Å². The van der Waals surface area contributed by atoms with Gasteiger partial charge in [0.1, 0.15) is 0 Å². The maximum atomic E-state index is 11.7. The largest absolute Gasteiger partial charge is 0.342 e. The number of nitrogens with one attached hydrogen (secondary N) is 1. The molecule has 0 aliphatic heterocycles. The van der Waals surface area contributed by atoms with E-state index in [1.807, 2.05) is 13.8 Å². The van der Waals surface area contributed by atoms with Gasteiger partial charge >= 0.3 is 0 Å². The summed E-state index contributed by atoms with van der Waals surface area (Å²) in [6.07, 6.45) is 5.05. The number of hydrogen-bond donors (Lipinski definition) is 1. The second-order valence-corrected chi connectivity index (χ2v) is 3.62. The lowest BCUT2D eigenvalue weighted by molar-refractivity contribution is -0.138. The summed E-state index contributed by atoms with van der Waals surface area (Å²) in [5.74, 6) is 2.20. The smallest absolute Gasteiger partial charge is 0.242 e. The second-order valence-electron chi connectivity index (χ2n) is 3.62. The fourth-order valence-corrected chi connectivity index (χ4v) is 1.34. The van der Waals surface area contributed by atoms with Crippen molar-refractivity contribution >= 4 is 11.8 Å². The molecule has 0 aliphatic carbocycles. The second kappa shape index (κ2) is 8.59. The molecule has 0 heterocycles. The lowest BCUT2D eigenvalue weighted by Crippen LogP contribution is -2.43. The van der Waals surface area contributed by atoms with Gasteiger partial charge in [-0.2, -0.15) is 0 Å². The Morgan fingerprint density at radius 2 is 1.82 bits per heavy atom. The Bertz CT molecular complexity index is 293. The van der Waals surface area contributed by atoms with E-state index in [1.165, 1.54) is 4.90 Å². The van der Waals surface area contributed by atoms with Crippen LogP contribution in [0, 0.1) is 12.3 Å². The minimum Gasteiger partial charge on any atom is -0.342 e. The van der Waals surface area contributed by atoms with Crippen molar-refractivity contribution in [2.75, 3.05) is 39.8 Å². The van der Waals surface area contributed by atoms with Crippen LogP contribution < -0.4 is 5.32 Å². The molecule has 0 atom stereocenters. The highest BCUT2D eigenvalue weighted by molar-refractivity contribution is 5.85. The number of likely N-dealkylation sites (N-methyl/N-ethyl adjacent to an activating group) is 2. The van der Waals surface area contributed by atoms with E-state index in [-0.39, 0.29) is 24.9 Å². The number of amides is 2. The van der Waals surface area contributed by atoms with Crippen LogP contribution in [0.1, 0.15) is 13.8 Å². The van der Waals surface area contributed by atoms with Gasteiger partial charge in [-0.25, -0.2) is 0 Å². The van der Waals surface area contributed by atoms with Crippen molar-refractivity contribution in [1.29, 1.82) is 0 Å². The molecule has 0 saturated heterocycles. The number of hydrogen-bond acceptors (Lipinski definition) is 3. The predicted octanol–water partition coefficient (Wildman–Crippen LogP) is -0.464. The molecular weight excluding hydrogens is 218 g/mol. The van der Waals surface area contributed by atoms with Crippen molar-refractivity contribution in [2.45, 2.75) is 13.8 Å². The first-order valence-corrected chi connectivity index (χ1v) is 5.72. The first kappa shape index (κ1) is 15.5. The molecule has 0 aromatic rings. The molecule has 1 N–H and O–H groups in total. The van der Waals surface area contributed by atoms with E-state index in [4.69, 9.17) is 6.42 Å². The van der Waals surface area contributed by atoms with Crippen LogP contribution in [0.3, 0.4) is 0 Å². The molecule has 96 valence electrons.